The fraction of sp³-hybridized carbons (Fsp3) is 0.0667. The van der Waals surface area contributed by atoms with E-state index >= 15 is 0 Å². The van der Waals surface area contributed by atoms with Crippen LogP contribution in [0.2, 0.25) is 0 Å². The Kier molecular flexibility index (Phi) is 3.98. The predicted octanol–water partition coefficient (Wildman–Crippen LogP) is 4.34. The third-order valence-corrected chi connectivity index (χ3v) is 4.61. The molecule has 1 N–H and O–H groups in total. The number of benzene rings is 2. The van der Waals surface area contributed by atoms with Gasteiger partial charge in [-0.2, -0.15) is 0 Å². The van der Waals surface area contributed by atoms with Crippen molar-refractivity contribution in [1.29, 1.82) is 0 Å². The zero-order chi connectivity index (χ0) is 13.9. The molecular weight excluding hydrogens is 383 g/mol. The number of aromatic nitrogens is 1. The Labute approximate surface area is 134 Å². The molecule has 20 heavy (non-hydrogen) atoms. The minimum Gasteiger partial charge on any atom is -0.325 e. The maximum Gasteiger partial charge on any atom is 0.234 e. The Bertz CT molecular complexity index is 719. The van der Waals surface area contributed by atoms with Crippen LogP contribution in [0.4, 0.5) is 5.69 Å². The number of para-hydroxylation sites is 1. The van der Waals surface area contributed by atoms with Crippen LogP contribution in [0.3, 0.4) is 0 Å². The van der Waals surface area contributed by atoms with Crippen molar-refractivity contribution in [3.63, 3.8) is 0 Å². The summed E-state index contributed by atoms with van der Waals surface area (Å²) in [4.78, 5) is 15.9. The topological polar surface area (TPSA) is 42.0 Å². The summed E-state index contributed by atoms with van der Waals surface area (Å²) >= 11 is 3.72. The van der Waals surface area contributed by atoms with E-state index in [0.717, 1.165) is 21.8 Å². The van der Waals surface area contributed by atoms with Crippen LogP contribution in [-0.4, -0.2) is 15.3 Å². The molecule has 5 heteroatoms. The molecule has 0 atom stereocenters. The van der Waals surface area contributed by atoms with Crippen molar-refractivity contribution in [2.24, 2.45) is 0 Å². The summed E-state index contributed by atoms with van der Waals surface area (Å²) in [6, 6.07) is 15.9. The van der Waals surface area contributed by atoms with E-state index in [0.29, 0.717) is 4.43 Å². The first kappa shape index (κ1) is 13.5. The van der Waals surface area contributed by atoms with Gasteiger partial charge < -0.3 is 5.32 Å². The van der Waals surface area contributed by atoms with E-state index in [2.05, 4.69) is 16.4 Å². The van der Waals surface area contributed by atoms with Crippen LogP contribution in [0.15, 0.2) is 48.5 Å². The lowest BCUT2D eigenvalue weighted by molar-refractivity contribution is -0.113. The molecule has 3 rings (SSSR count). The van der Waals surface area contributed by atoms with E-state index < -0.39 is 0 Å². The van der Waals surface area contributed by atoms with Gasteiger partial charge in [-0.15, -0.1) is 11.3 Å². The van der Waals surface area contributed by atoms with Crippen LogP contribution in [-0.2, 0) is 4.79 Å². The number of fused-ring (bicyclic) bond motifs is 1. The van der Waals surface area contributed by atoms with Crippen LogP contribution in [0.1, 0.15) is 0 Å². The third-order valence-electron chi connectivity index (χ3n) is 2.83. The molecule has 0 bridgehead atoms. The smallest absolute Gasteiger partial charge is 0.234 e. The molecule has 1 aromatic heterocycles. The van der Waals surface area contributed by atoms with Crippen molar-refractivity contribution in [2.45, 2.75) is 0 Å². The summed E-state index contributed by atoms with van der Waals surface area (Å²) in [6.45, 7) is 0. The van der Waals surface area contributed by atoms with Crippen molar-refractivity contribution in [2.75, 3.05) is 9.74 Å². The lowest BCUT2D eigenvalue weighted by Crippen LogP contribution is -2.11. The number of halogens is 1. The summed E-state index contributed by atoms with van der Waals surface area (Å²) < 4.78 is 1.64. The highest BCUT2D eigenvalue weighted by atomic mass is 127. The van der Waals surface area contributed by atoms with Crippen LogP contribution in [0.5, 0.6) is 0 Å². The van der Waals surface area contributed by atoms with E-state index in [-0.39, 0.29) is 5.91 Å². The number of anilines is 1. The van der Waals surface area contributed by atoms with Crippen molar-refractivity contribution < 1.29 is 4.79 Å². The Morgan fingerprint density at radius 3 is 2.60 bits per heavy atom. The van der Waals surface area contributed by atoms with Gasteiger partial charge in [-0.3, -0.25) is 4.79 Å². The van der Waals surface area contributed by atoms with Gasteiger partial charge in [0.05, 0.1) is 14.6 Å². The van der Waals surface area contributed by atoms with Crippen molar-refractivity contribution >= 4 is 55.7 Å². The van der Waals surface area contributed by atoms with Crippen molar-refractivity contribution in [3.8, 4) is 10.6 Å². The third kappa shape index (κ3) is 2.83. The molecule has 0 aliphatic carbocycles. The van der Waals surface area contributed by atoms with Crippen LogP contribution < -0.4 is 5.32 Å². The highest BCUT2D eigenvalue weighted by Crippen LogP contribution is 2.30. The second kappa shape index (κ2) is 5.88. The van der Waals surface area contributed by atoms with E-state index in [1.54, 1.807) is 11.3 Å². The van der Waals surface area contributed by atoms with Gasteiger partial charge in [-0.05, 0) is 36.4 Å². The lowest BCUT2D eigenvalue weighted by atomic mass is 10.2. The zero-order valence-corrected chi connectivity index (χ0v) is 13.4. The van der Waals surface area contributed by atoms with Crippen molar-refractivity contribution in [1.82, 2.24) is 4.98 Å². The molecule has 2 aromatic carbocycles. The molecular formula is C15H11IN2OS. The molecule has 0 spiro atoms. The second-order valence-corrected chi connectivity index (χ2v) is 6.04. The Morgan fingerprint density at radius 2 is 1.90 bits per heavy atom. The fourth-order valence-corrected chi connectivity index (χ4v) is 3.05. The second-order valence-electron chi connectivity index (χ2n) is 4.25. The first-order valence-corrected chi connectivity index (χ1v) is 8.42. The minimum atomic E-state index is 0.0123. The first-order chi connectivity index (χ1) is 9.76. The number of hydrogen-bond donors (Lipinski definition) is 1. The molecule has 1 heterocycles. The number of alkyl halides is 1. The van der Waals surface area contributed by atoms with Gasteiger partial charge >= 0.3 is 0 Å². The van der Waals surface area contributed by atoms with Gasteiger partial charge in [0.15, 0.2) is 0 Å². The molecule has 0 unspecified atom stereocenters. The van der Waals surface area contributed by atoms with Gasteiger partial charge in [-0.25, -0.2) is 4.98 Å². The molecule has 0 radical (unpaired) electrons. The standard InChI is InChI=1S/C15H11IN2OS/c16-9-14(19)17-11-7-5-10(6-8-11)15-18-12-3-1-2-4-13(12)20-15/h1-8H,9H2,(H,17,19). The molecule has 3 aromatic rings. The van der Waals surface area contributed by atoms with E-state index in [1.165, 1.54) is 4.70 Å². The Morgan fingerprint density at radius 1 is 1.15 bits per heavy atom. The number of carbonyl (C=O) groups is 1. The SMILES string of the molecule is O=C(CI)Nc1ccc(-c2nc3ccccc3s2)cc1. The number of nitrogens with zero attached hydrogens (tertiary/aromatic N) is 1. The summed E-state index contributed by atoms with van der Waals surface area (Å²) in [5.74, 6) is 0.0123. The maximum absolute atomic E-state index is 11.3. The van der Waals surface area contributed by atoms with Gasteiger partial charge in [0, 0.05) is 11.3 Å². The minimum absolute atomic E-state index is 0.0123. The summed E-state index contributed by atoms with van der Waals surface area (Å²) in [5, 5.41) is 3.83. The molecule has 0 saturated carbocycles. The van der Waals surface area contributed by atoms with Crippen LogP contribution in [0.25, 0.3) is 20.8 Å². The average Bonchev–Trinajstić information content (AvgIpc) is 2.91. The van der Waals surface area contributed by atoms with Gasteiger partial charge in [0.25, 0.3) is 0 Å². The Balaban J connectivity index is 1.88. The number of rotatable bonds is 3. The highest BCUT2D eigenvalue weighted by Gasteiger charge is 2.06. The van der Waals surface area contributed by atoms with E-state index in [1.807, 2.05) is 65.1 Å². The fourth-order valence-electron chi connectivity index (χ4n) is 1.89. The Hall–Kier alpha value is -1.47. The monoisotopic (exact) mass is 394 g/mol. The number of thiazole rings is 1. The van der Waals surface area contributed by atoms with Gasteiger partial charge in [0.2, 0.25) is 5.91 Å². The summed E-state index contributed by atoms with van der Waals surface area (Å²) in [6.07, 6.45) is 0. The number of carbonyl (C=O) groups excluding carboxylic acids is 1. The number of amides is 1. The molecule has 0 saturated heterocycles. The lowest BCUT2D eigenvalue weighted by Gasteiger charge is -2.03. The molecule has 0 aliphatic rings. The van der Waals surface area contributed by atoms with Crippen LogP contribution in [0, 0.1) is 0 Å². The quantitative estimate of drug-likeness (QED) is 0.531. The normalized spacial score (nSPS) is 10.7. The molecule has 0 aliphatic heterocycles. The molecule has 3 nitrogen and oxygen atoms in total. The average molecular weight is 394 g/mol. The van der Waals surface area contributed by atoms with Crippen molar-refractivity contribution in [3.05, 3.63) is 48.5 Å². The zero-order valence-electron chi connectivity index (χ0n) is 10.5. The molecule has 100 valence electrons. The number of hydrogen-bond acceptors (Lipinski definition) is 3. The highest BCUT2D eigenvalue weighted by molar-refractivity contribution is 14.1. The van der Waals surface area contributed by atoms with Crippen LogP contribution >= 0.6 is 33.9 Å². The molecule has 1 amide bonds. The summed E-state index contributed by atoms with van der Waals surface area (Å²) in [7, 11) is 0. The molecule has 0 fully saturated rings. The summed E-state index contributed by atoms with van der Waals surface area (Å²) in [5.41, 5.74) is 2.91. The van der Waals surface area contributed by atoms with E-state index in [9.17, 15) is 4.79 Å². The van der Waals surface area contributed by atoms with Gasteiger partial charge in [-0.1, -0.05) is 34.7 Å². The van der Waals surface area contributed by atoms with Gasteiger partial charge in [0.1, 0.15) is 5.01 Å². The maximum atomic E-state index is 11.3. The predicted molar refractivity (Wildman–Crippen MR) is 92.6 cm³/mol. The first-order valence-electron chi connectivity index (χ1n) is 6.08. The number of nitrogens with one attached hydrogen (secondary N) is 1. The van der Waals surface area contributed by atoms with E-state index in [4.69, 9.17) is 0 Å². The largest absolute Gasteiger partial charge is 0.325 e.